The van der Waals surface area contributed by atoms with Crippen LogP contribution in [0, 0.1) is 5.92 Å². The predicted molar refractivity (Wildman–Crippen MR) is 61.9 cm³/mol. The Morgan fingerprint density at radius 2 is 2.21 bits per heavy atom. The summed E-state index contributed by atoms with van der Waals surface area (Å²) in [5.74, 6) is 0.595. The molecule has 2 heteroatoms. The minimum atomic E-state index is 0.595. The van der Waals surface area contributed by atoms with Gasteiger partial charge in [0.25, 0.3) is 0 Å². The average Bonchev–Trinajstić information content (AvgIpc) is 2.18. The molecule has 0 rings (SSSR count). The summed E-state index contributed by atoms with van der Waals surface area (Å²) in [5.41, 5.74) is 1.36. The van der Waals surface area contributed by atoms with Gasteiger partial charge in [-0.1, -0.05) is 24.6 Å². The Bertz CT molecular complexity index is 206. The van der Waals surface area contributed by atoms with E-state index in [4.69, 9.17) is 5.21 Å². The van der Waals surface area contributed by atoms with E-state index in [1.165, 1.54) is 11.8 Å². The van der Waals surface area contributed by atoms with E-state index in [-0.39, 0.29) is 0 Å². The van der Waals surface area contributed by atoms with Crippen molar-refractivity contribution < 1.29 is 5.21 Å². The minimum Gasteiger partial charge on any atom is -0.411 e. The molecule has 0 radical (unpaired) electrons. The van der Waals surface area contributed by atoms with Gasteiger partial charge in [0.1, 0.15) is 0 Å². The van der Waals surface area contributed by atoms with Gasteiger partial charge in [0.05, 0.1) is 0 Å². The number of rotatable bonds is 7. The lowest BCUT2D eigenvalue weighted by atomic mass is 10.0. The second-order valence-corrected chi connectivity index (χ2v) is 3.68. The number of nitrogens with zero attached hydrogens (tertiary/aromatic N) is 1. The van der Waals surface area contributed by atoms with Crippen LogP contribution in [-0.4, -0.2) is 11.4 Å². The smallest absolute Gasteiger partial charge is 0.0439 e. The van der Waals surface area contributed by atoms with Gasteiger partial charge in [-0.15, -0.1) is 11.7 Å². The Hall–Kier alpha value is -1.05. The van der Waals surface area contributed by atoms with Crippen molar-refractivity contribution in [1.82, 2.24) is 0 Å². The van der Waals surface area contributed by atoms with Gasteiger partial charge in [0, 0.05) is 6.21 Å². The topological polar surface area (TPSA) is 32.6 Å². The zero-order valence-corrected chi connectivity index (χ0v) is 9.24. The van der Waals surface area contributed by atoms with Crippen molar-refractivity contribution >= 4 is 6.21 Å². The molecule has 14 heavy (non-hydrogen) atoms. The van der Waals surface area contributed by atoms with Gasteiger partial charge in [-0.25, -0.2) is 0 Å². The van der Waals surface area contributed by atoms with Crippen LogP contribution in [0.1, 0.15) is 39.5 Å². The molecule has 0 aromatic carbocycles. The van der Waals surface area contributed by atoms with Crippen molar-refractivity contribution in [3.8, 4) is 0 Å². The maximum atomic E-state index is 8.20. The highest BCUT2D eigenvalue weighted by molar-refractivity contribution is 5.56. The molecule has 0 aliphatic heterocycles. The van der Waals surface area contributed by atoms with Crippen LogP contribution >= 0.6 is 0 Å². The monoisotopic (exact) mass is 195 g/mol. The fraction of sp³-hybridized carbons (Fsp3) is 0.583. The molecule has 0 spiro atoms. The van der Waals surface area contributed by atoms with E-state index in [1.54, 1.807) is 0 Å². The zero-order chi connectivity index (χ0) is 10.8. The second kappa shape index (κ2) is 8.54. The quantitative estimate of drug-likeness (QED) is 0.285. The Balaban J connectivity index is 3.60. The lowest BCUT2D eigenvalue weighted by molar-refractivity contribution is 0.320. The summed E-state index contributed by atoms with van der Waals surface area (Å²) in [6.07, 6.45) is 9.84. The van der Waals surface area contributed by atoms with Gasteiger partial charge in [-0.2, -0.15) is 0 Å². The number of allylic oxidation sites excluding steroid dienone is 3. The zero-order valence-electron chi connectivity index (χ0n) is 9.24. The fourth-order valence-electron chi connectivity index (χ4n) is 1.16. The Kier molecular flexibility index (Phi) is 7.90. The average molecular weight is 195 g/mol. The molecule has 80 valence electrons. The maximum absolute atomic E-state index is 8.20. The fourth-order valence-corrected chi connectivity index (χ4v) is 1.16. The Morgan fingerprint density at radius 3 is 2.79 bits per heavy atom. The lowest BCUT2D eigenvalue weighted by Crippen LogP contribution is -1.87. The molecule has 0 aliphatic carbocycles. The third-order valence-electron chi connectivity index (χ3n) is 2.27. The summed E-state index contributed by atoms with van der Waals surface area (Å²) < 4.78 is 0. The van der Waals surface area contributed by atoms with E-state index in [0.29, 0.717) is 5.92 Å². The lowest BCUT2D eigenvalue weighted by Gasteiger charge is -2.02. The first-order chi connectivity index (χ1) is 6.70. The van der Waals surface area contributed by atoms with E-state index < -0.39 is 0 Å². The molecule has 0 bridgehead atoms. The molecular weight excluding hydrogens is 174 g/mol. The van der Waals surface area contributed by atoms with Crippen LogP contribution in [0.15, 0.2) is 29.5 Å². The highest BCUT2D eigenvalue weighted by Gasteiger charge is 1.94. The molecule has 0 amide bonds. The SMILES string of the molecule is C=CC(C)CCC=C(C)CCC=NO. The molecule has 0 fully saturated rings. The molecule has 2 nitrogen and oxygen atoms in total. The van der Waals surface area contributed by atoms with Crippen LogP contribution in [0.3, 0.4) is 0 Å². The molecule has 0 saturated heterocycles. The van der Waals surface area contributed by atoms with Crippen molar-refractivity contribution in [3.05, 3.63) is 24.3 Å². The van der Waals surface area contributed by atoms with Crippen LogP contribution in [0.5, 0.6) is 0 Å². The van der Waals surface area contributed by atoms with E-state index in [9.17, 15) is 0 Å². The van der Waals surface area contributed by atoms with Crippen molar-refractivity contribution in [1.29, 1.82) is 0 Å². The van der Waals surface area contributed by atoms with Gasteiger partial charge in [-0.3, -0.25) is 0 Å². The van der Waals surface area contributed by atoms with Gasteiger partial charge in [0.2, 0.25) is 0 Å². The highest BCUT2D eigenvalue weighted by Crippen LogP contribution is 2.10. The van der Waals surface area contributed by atoms with Gasteiger partial charge >= 0.3 is 0 Å². The van der Waals surface area contributed by atoms with Crippen LogP contribution < -0.4 is 0 Å². The summed E-state index contributed by atoms with van der Waals surface area (Å²) in [5, 5.41) is 11.2. The molecule has 0 aromatic heterocycles. The van der Waals surface area contributed by atoms with Crippen LogP contribution in [-0.2, 0) is 0 Å². The summed E-state index contributed by atoms with van der Waals surface area (Å²) in [4.78, 5) is 0. The highest BCUT2D eigenvalue weighted by atomic mass is 16.4. The van der Waals surface area contributed by atoms with Crippen LogP contribution in [0.4, 0.5) is 0 Å². The van der Waals surface area contributed by atoms with Crippen molar-refractivity contribution in [2.75, 3.05) is 0 Å². The van der Waals surface area contributed by atoms with Crippen LogP contribution in [0.2, 0.25) is 0 Å². The first-order valence-electron chi connectivity index (χ1n) is 5.14. The molecule has 0 saturated carbocycles. The van der Waals surface area contributed by atoms with Crippen molar-refractivity contribution in [2.24, 2.45) is 11.1 Å². The first kappa shape index (κ1) is 12.9. The van der Waals surface area contributed by atoms with E-state index in [0.717, 1.165) is 25.7 Å². The van der Waals surface area contributed by atoms with Gasteiger partial charge in [0.15, 0.2) is 0 Å². The first-order valence-corrected chi connectivity index (χ1v) is 5.14. The third-order valence-corrected chi connectivity index (χ3v) is 2.27. The van der Waals surface area contributed by atoms with E-state index in [1.807, 2.05) is 6.08 Å². The standard InChI is InChI=1S/C12H21NO/c1-4-11(2)7-5-8-12(3)9-6-10-13-14/h4,8,10-11,14H,1,5-7,9H2,2-3H3. The summed E-state index contributed by atoms with van der Waals surface area (Å²) >= 11 is 0. The Labute approximate surface area is 87.0 Å². The normalized spacial score (nSPS) is 14.6. The predicted octanol–water partition coefficient (Wildman–Crippen LogP) is 3.78. The molecule has 1 N–H and O–H groups in total. The Morgan fingerprint density at radius 1 is 1.50 bits per heavy atom. The molecule has 1 unspecified atom stereocenters. The van der Waals surface area contributed by atoms with Crippen LogP contribution in [0.25, 0.3) is 0 Å². The molecular formula is C12H21NO. The van der Waals surface area contributed by atoms with Gasteiger partial charge in [-0.05, 0) is 38.5 Å². The molecule has 0 heterocycles. The minimum absolute atomic E-state index is 0.595. The third kappa shape index (κ3) is 7.59. The molecule has 1 atom stereocenters. The number of oxime groups is 1. The summed E-state index contributed by atoms with van der Waals surface area (Å²) in [6, 6.07) is 0. The number of hydrogen-bond donors (Lipinski definition) is 1. The second-order valence-electron chi connectivity index (χ2n) is 3.68. The van der Waals surface area contributed by atoms with Gasteiger partial charge < -0.3 is 5.21 Å². The summed E-state index contributed by atoms with van der Waals surface area (Å²) in [6.45, 7) is 8.04. The maximum Gasteiger partial charge on any atom is 0.0439 e. The van der Waals surface area contributed by atoms with E-state index in [2.05, 4.69) is 31.7 Å². The molecule has 0 aromatic rings. The van der Waals surface area contributed by atoms with Crippen molar-refractivity contribution in [3.63, 3.8) is 0 Å². The van der Waals surface area contributed by atoms with E-state index >= 15 is 0 Å². The largest absolute Gasteiger partial charge is 0.411 e. The molecule has 0 aliphatic rings. The summed E-state index contributed by atoms with van der Waals surface area (Å²) in [7, 11) is 0. The number of hydrogen-bond acceptors (Lipinski definition) is 2. The van der Waals surface area contributed by atoms with Crippen molar-refractivity contribution in [2.45, 2.75) is 39.5 Å².